The molecule has 24 heavy (non-hydrogen) atoms. The topological polar surface area (TPSA) is 45.7 Å². The number of ether oxygens (including phenoxy) is 1. The SMILES string of the molecule is CN(C[C@@H]1CCCN1C(=O)OC(C)(C)C)c1nsc2ccccc12. The van der Waals surface area contributed by atoms with Crippen molar-refractivity contribution in [1.29, 1.82) is 0 Å². The van der Waals surface area contributed by atoms with Crippen molar-refractivity contribution >= 4 is 33.5 Å². The van der Waals surface area contributed by atoms with Gasteiger partial charge in [0.25, 0.3) is 0 Å². The molecule has 1 atom stereocenters. The third-order valence-corrected chi connectivity index (χ3v) is 5.03. The molecule has 130 valence electrons. The number of likely N-dealkylation sites (N-methyl/N-ethyl adjacent to an activating group) is 1. The minimum absolute atomic E-state index is 0.172. The second kappa shape index (κ2) is 6.59. The predicted molar refractivity (Wildman–Crippen MR) is 98.9 cm³/mol. The highest BCUT2D eigenvalue weighted by Gasteiger charge is 2.33. The predicted octanol–water partition coefficient (Wildman–Crippen LogP) is 4.13. The summed E-state index contributed by atoms with van der Waals surface area (Å²) in [7, 11) is 2.05. The largest absolute Gasteiger partial charge is 0.444 e. The summed E-state index contributed by atoms with van der Waals surface area (Å²) in [6.45, 7) is 7.26. The Kier molecular flexibility index (Phi) is 4.67. The van der Waals surface area contributed by atoms with E-state index in [-0.39, 0.29) is 12.1 Å². The van der Waals surface area contributed by atoms with Gasteiger partial charge < -0.3 is 14.5 Å². The zero-order valence-corrected chi connectivity index (χ0v) is 15.6. The van der Waals surface area contributed by atoms with Gasteiger partial charge in [0.15, 0.2) is 0 Å². The highest BCUT2D eigenvalue weighted by Crippen LogP contribution is 2.30. The van der Waals surface area contributed by atoms with Crippen molar-refractivity contribution in [3.63, 3.8) is 0 Å². The van der Waals surface area contributed by atoms with E-state index in [2.05, 4.69) is 21.4 Å². The van der Waals surface area contributed by atoms with Gasteiger partial charge in [-0.3, -0.25) is 0 Å². The van der Waals surface area contributed by atoms with E-state index in [0.29, 0.717) is 0 Å². The van der Waals surface area contributed by atoms with Crippen molar-refractivity contribution in [3.8, 4) is 0 Å². The second-order valence-corrected chi connectivity index (χ2v) is 8.16. The molecule has 2 aromatic rings. The molecule has 2 heterocycles. The molecular weight excluding hydrogens is 322 g/mol. The van der Waals surface area contributed by atoms with Crippen LogP contribution >= 0.6 is 11.5 Å². The summed E-state index contributed by atoms with van der Waals surface area (Å²) < 4.78 is 11.3. The summed E-state index contributed by atoms with van der Waals surface area (Å²) in [5.41, 5.74) is -0.457. The Morgan fingerprint density at radius 3 is 2.92 bits per heavy atom. The normalized spacial score (nSPS) is 18.2. The second-order valence-electron chi connectivity index (χ2n) is 7.35. The van der Waals surface area contributed by atoms with Crippen LogP contribution in [0.5, 0.6) is 0 Å². The van der Waals surface area contributed by atoms with Gasteiger partial charge in [0.2, 0.25) is 0 Å². The molecular formula is C18H25N3O2S. The molecule has 5 nitrogen and oxygen atoms in total. The molecule has 1 amide bonds. The number of hydrogen-bond donors (Lipinski definition) is 0. The van der Waals surface area contributed by atoms with Crippen LogP contribution in [-0.4, -0.2) is 47.1 Å². The lowest BCUT2D eigenvalue weighted by atomic mass is 10.2. The highest BCUT2D eigenvalue weighted by atomic mass is 32.1. The van der Waals surface area contributed by atoms with E-state index in [0.717, 1.165) is 31.7 Å². The first-order valence-electron chi connectivity index (χ1n) is 8.40. The van der Waals surface area contributed by atoms with Crippen molar-refractivity contribution in [2.75, 3.05) is 25.0 Å². The zero-order chi connectivity index (χ0) is 17.3. The molecule has 0 radical (unpaired) electrons. The van der Waals surface area contributed by atoms with E-state index < -0.39 is 5.60 Å². The molecule has 1 aromatic carbocycles. The Morgan fingerprint density at radius 2 is 2.17 bits per heavy atom. The van der Waals surface area contributed by atoms with E-state index in [4.69, 9.17) is 4.74 Å². The quantitative estimate of drug-likeness (QED) is 0.837. The molecule has 1 saturated heterocycles. The van der Waals surface area contributed by atoms with Gasteiger partial charge in [-0.25, -0.2) is 4.79 Å². The number of fused-ring (bicyclic) bond motifs is 1. The van der Waals surface area contributed by atoms with Crippen LogP contribution in [0.4, 0.5) is 10.6 Å². The third-order valence-electron chi connectivity index (χ3n) is 4.21. The summed E-state index contributed by atoms with van der Waals surface area (Å²) in [5.74, 6) is 0.992. The maximum absolute atomic E-state index is 12.4. The number of nitrogens with zero attached hydrogens (tertiary/aromatic N) is 3. The Balaban J connectivity index is 1.71. The van der Waals surface area contributed by atoms with Crippen molar-refractivity contribution in [1.82, 2.24) is 9.27 Å². The van der Waals surface area contributed by atoms with Gasteiger partial charge >= 0.3 is 6.09 Å². The van der Waals surface area contributed by atoms with Crippen LogP contribution in [0.3, 0.4) is 0 Å². The van der Waals surface area contributed by atoms with Gasteiger partial charge in [-0.15, -0.1) is 0 Å². The van der Waals surface area contributed by atoms with Gasteiger partial charge in [0.1, 0.15) is 11.4 Å². The molecule has 0 bridgehead atoms. The molecule has 0 unspecified atom stereocenters. The summed E-state index contributed by atoms with van der Waals surface area (Å²) in [6.07, 6.45) is 1.82. The summed E-state index contributed by atoms with van der Waals surface area (Å²) in [6, 6.07) is 8.44. The number of likely N-dealkylation sites (tertiary alicyclic amines) is 1. The number of carbonyl (C=O) groups is 1. The molecule has 3 rings (SSSR count). The molecule has 6 heteroatoms. The Hall–Kier alpha value is -1.82. The van der Waals surface area contributed by atoms with E-state index in [1.54, 1.807) is 0 Å². The van der Waals surface area contributed by atoms with Crippen molar-refractivity contribution in [2.45, 2.75) is 45.3 Å². The molecule has 1 aliphatic heterocycles. The van der Waals surface area contributed by atoms with E-state index in [1.165, 1.54) is 21.6 Å². The molecule has 0 saturated carbocycles. The third kappa shape index (κ3) is 3.64. The minimum atomic E-state index is -0.457. The zero-order valence-electron chi connectivity index (χ0n) is 14.8. The average Bonchev–Trinajstić information content (AvgIpc) is 3.11. The summed E-state index contributed by atoms with van der Waals surface area (Å²) >= 11 is 1.52. The minimum Gasteiger partial charge on any atom is -0.444 e. The number of benzene rings is 1. The van der Waals surface area contributed by atoms with E-state index in [1.807, 2.05) is 44.9 Å². The van der Waals surface area contributed by atoms with Crippen LogP contribution in [0.1, 0.15) is 33.6 Å². The van der Waals surface area contributed by atoms with Crippen LogP contribution in [-0.2, 0) is 4.74 Å². The van der Waals surface area contributed by atoms with Gasteiger partial charge in [0, 0.05) is 25.5 Å². The molecule has 0 N–H and O–H groups in total. The molecule has 1 fully saturated rings. The standard InChI is InChI=1S/C18H25N3O2S/c1-18(2,3)23-17(22)21-11-7-8-13(21)12-20(4)16-14-9-5-6-10-15(14)24-19-16/h5-6,9-10,13H,7-8,11-12H2,1-4H3/t13-/m0/s1. The highest BCUT2D eigenvalue weighted by molar-refractivity contribution is 7.13. The summed E-state index contributed by atoms with van der Waals surface area (Å²) in [5, 5.41) is 1.17. The fourth-order valence-electron chi connectivity index (χ4n) is 3.14. The van der Waals surface area contributed by atoms with Crippen LogP contribution in [0.15, 0.2) is 24.3 Å². The Bertz CT molecular complexity index is 722. The lowest BCUT2D eigenvalue weighted by molar-refractivity contribution is 0.0232. The number of amides is 1. The molecule has 1 aromatic heterocycles. The Labute approximate surface area is 147 Å². The number of carbonyl (C=O) groups excluding carboxylic acids is 1. The maximum Gasteiger partial charge on any atom is 0.410 e. The molecule has 0 spiro atoms. The van der Waals surface area contributed by atoms with Gasteiger partial charge in [-0.2, -0.15) is 4.37 Å². The van der Waals surface area contributed by atoms with Crippen LogP contribution < -0.4 is 4.90 Å². The van der Waals surface area contributed by atoms with E-state index in [9.17, 15) is 4.79 Å². The lowest BCUT2D eigenvalue weighted by Gasteiger charge is -2.31. The van der Waals surface area contributed by atoms with E-state index >= 15 is 0 Å². The van der Waals surface area contributed by atoms with Gasteiger partial charge in [-0.1, -0.05) is 12.1 Å². The number of hydrogen-bond acceptors (Lipinski definition) is 5. The van der Waals surface area contributed by atoms with Gasteiger partial charge in [0.05, 0.1) is 10.7 Å². The number of aromatic nitrogens is 1. The monoisotopic (exact) mass is 347 g/mol. The fourth-order valence-corrected chi connectivity index (χ4v) is 3.96. The van der Waals surface area contributed by atoms with Crippen LogP contribution in [0.2, 0.25) is 0 Å². The number of rotatable bonds is 3. The first-order valence-corrected chi connectivity index (χ1v) is 9.18. The first kappa shape index (κ1) is 17.0. The molecule has 1 aliphatic rings. The van der Waals surface area contributed by atoms with Crippen molar-refractivity contribution < 1.29 is 9.53 Å². The van der Waals surface area contributed by atoms with Crippen molar-refractivity contribution in [2.24, 2.45) is 0 Å². The van der Waals surface area contributed by atoms with Crippen LogP contribution in [0.25, 0.3) is 10.1 Å². The molecule has 0 aliphatic carbocycles. The first-order chi connectivity index (χ1) is 11.3. The van der Waals surface area contributed by atoms with Gasteiger partial charge in [-0.05, 0) is 57.3 Å². The Morgan fingerprint density at radius 1 is 1.42 bits per heavy atom. The smallest absolute Gasteiger partial charge is 0.410 e. The average molecular weight is 347 g/mol. The lowest BCUT2D eigenvalue weighted by Crippen LogP contribution is -2.44. The summed E-state index contributed by atoms with van der Waals surface area (Å²) in [4.78, 5) is 16.5. The van der Waals surface area contributed by atoms with Crippen molar-refractivity contribution in [3.05, 3.63) is 24.3 Å². The fraction of sp³-hybridized carbons (Fsp3) is 0.556. The maximum atomic E-state index is 12.4. The number of anilines is 1. The van der Waals surface area contributed by atoms with Crippen LogP contribution in [0, 0.1) is 0 Å².